The number of rotatable bonds is 5. The third-order valence-corrected chi connectivity index (χ3v) is 4.49. The maximum absolute atomic E-state index is 12.1. The van der Waals surface area contributed by atoms with E-state index in [1.807, 2.05) is 4.90 Å². The largest absolute Gasteiger partial charge is 0.342 e. The quantitative estimate of drug-likeness (QED) is 0.889. The van der Waals surface area contributed by atoms with Gasteiger partial charge in [-0.1, -0.05) is 13.0 Å². The third kappa shape index (κ3) is 3.56. The first-order chi connectivity index (χ1) is 8.81. The molecule has 1 amide bonds. The molecule has 1 saturated heterocycles. The highest BCUT2D eigenvalue weighted by atomic mass is 32.1. The average molecular weight is 266 g/mol. The van der Waals surface area contributed by atoms with E-state index in [1.54, 1.807) is 11.3 Å². The molecule has 1 unspecified atom stereocenters. The number of hydrogen-bond acceptors (Lipinski definition) is 3. The van der Waals surface area contributed by atoms with Crippen LogP contribution in [0.5, 0.6) is 0 Å². The molecule has 2 rings (SSSR count). The van der Waals surface area contributed by atoms with E-state index in [-0.39, 0.29) is 5.91 Å². The fourth-order valence-corrected chi connectivity index (χ4v) is 3.29. The summed E-state index contributed by atoms with van der Waals surface area (Å²) in [6, 6.07) is 4.52. The first-order valence-corrected chi connectivity index (χ1v) is 7.73. The molecule has 1 aliphatic rings. The van der Waals surface area contributed by atoms with Gasteiger partial charge in [-0.05, 0) is 37.1 Å². The van der Waals surface area contributed by atoms with Crippen LogP contribution in [-0.2, 0) is 4.79 Å². The van der Waals surface area contributed by atoms with Crippen molar-refractivity contribution in [3.8, 4) is 0 Å². The Hall–Kier alpha value is -0.870. The molecular weight excluding hydrogens is 244 g/mol. The van der Waals surface area contributed by atoms with E-state index in [1.165, 1.54) is 11.3 Å². The molecular formula is C14H22N2OS. The number of carbonyl (C=O) groups excluding carboxylic acids is 1. The normalized spacial score (nSPS) is 17.7. The van der Waals surface area contributed by atoms with Crippen molar-refractivity contribution >= 4 is 17.2 Å². The van der Waals surface area contributed by atoms with E-state index < -0.39 is 0 Å². The smallest absolute Gasteiger partial charge is 0.236 e. The predicted octanol–water partition coefficient (Wildman–Crippen LogP) is 2.80. The zero-order valence-corrected chi connectivity index (χ0v) is 11.8. The van der Waals surface area contributed by atoms with Crippen LogP contribution in [0.15, 0.2) is 17.5 Å². The topological polar surface area (TPSA) is 32.3 Å². The molecule has 0 spiro atoms. The van der Waals surface area contributed by atoms with Crippen LogP contribution in [0, 0.1) is 0 Å². The number of nitrogens with one attached hydrogen (secondary N) is 1. The Morgan fingerprint density at radius 1 is 1.44 bits per heavy atom. The number of amides is 1. The van der Waals surface area contributed by atoms with Crippen molar-refractivity contribution in [2.45, 2.75) is 38.6 Å². The van der Waals surface area contributed by atoms with Crippen LogP contribution in [0.4, 0.5) is 0 Å². The summed E-state index contributed by atoms with van der Waals surface area (Å²) in [5.74, 6) is 0.254. The standard InChI is InChI=1S/C14H22N2OS/c1-2-12(13-7-6-10-18-13)15-11-14(17)16-8-4-3-5-9-16/h6-7,10,12,15H,2-5,8-9,11H2,1H3. The summed E-state index contributed by atoms with van der Waals surface area (Å²) in [5.41, 5.74) is 0. The number of carbonyl (C=O) groups is 1. The molecule has 4 heteroatoms. The minimum absolute atomic E-state index is 0.254. The van der Waals surface area contributed by atoms with Crippen LogP contribution < -0.4 is 5.32 Å². The highest BCUT2D eigenvalue weighted by Crippen LogP contribution is 2.21. The summed E-state index contributed by atoms with van der Waals surface area (Å²) in [6.45, 7) is 4.51. The van der Waals surface area contributed by atoms with Crippen molar-refractivity contribution in [1.29, 1.82) is 0 Å². The molecule has 1 fully saturated rings. The van der Waals surface area contributed by atoms with Crippen molar-refractivity contribution < 1.29 is 4.79 Å². The zero-order valence-electron chi connectivity index (χ0n) is 11.0. The summed E-state index contributed by atoms with van der Waals surface area (Å²) < 4.78 is 0. The summed E-state index contributed by atoms with van der Waals surface area (Å²) in [6.07, 6.45) is 4.61. The van der Waals surface area contributed by atoms with Crippen molar-refractivity contribution in [3.05, 3.63) is 22.4 Å². The monoisotopic (exact) mass is 266 g/mol. The Kier molecular flexibility index (Phi) is 5.20. The molecule has 2 heterocycles. The zero-order chi connectivity index (χ0) is 12.8. The molecule has 0 saturated carbocycles. The third-order valence-electron chi connectivity index (χ3n) is 3.50. The lowest BCUT2D eigenvalue weighted by atomic mass is 10.1. The number of hydrogen-bond donors (Lipinski definition) is 1. The predicted molar refractivity (Wildman–Crippen MR) is 75.8 cm³/mol. The Bertz CT molecular complexity index is 358. The van der Waals surface area contributed by atoms with Gasteiger partial charge < -0.3 is 10.2 Å². The molecule has 1 aliphatic heterocycles. The highest BCUT2D eigenvalue weighted by molar-refractivity contribution is 7.10. The van der Waals surface area contributed by atoms with Gasteiger partial charge in [-0.3, -0.25) is 4.79 Å². The molecule has 0 bridgehead atoms. The van der Waals surface area contributed by atoms with E-state index in [9.17, 15) is 4.79 Å². The van der Waals surface area contributed by atoms with Crippen LogP contribution in [0.3, 0.4) is 0 Å². The maximum Gasteiger partial charge on any atom is 0.236 e. The first-order valence-electron chi connectivity index (χ1n) is 6.86. The highest BCUT2D eigenvalue weighted by Gasteiger charge is 2.18. The number of nitrogens with zero attached hydrogens (tertiary/aromatic N) is 1. The van der Waals surface area contributed by atoms with E-state index in [2.05, 4.69) is 29.8 Å². The number of thiophene rings is 1. The van der Waals surface area contributed by atoms with Crippen molar-refractivity contribution in [2.75, 3.05) is 19.6 Å². The molecule has 0 aromatic carbocycles. The fraction of sp³-hybridized carbons (Fsp3) is 0.643. The summed E-state index contributed by atoms with van der Waals surface area (Å²) in [4.78, 5) is 15.4. The van der Waals surface area contributed by atoms with Crippen molar-refractivity contribution in [2.24, 2.45) is 0 Å². The molecule has 1 N–H and O–H groups in total. The lowest BCUT2D eigenvalue weighted by Crippen LogP contribution is -2.41. The molecule has 0 radical (unpaired) electrons. The molecule has 18 heavy (non-hydrogen) atoms. The molecule has 1 aromatic heterocycles. The van der Waals surface area contributed by atoms with Crippen LogP contribution in [-0.4, -0.2) is 30.4 Å². The number of piperidine rings is 1. The lowest BCUT2D eigenvalue weighted by Gasteiger charge is -2.27. The van der Waals surface area contributed by atoms with Crippen LogP contribution in [0.25, 0.3) is 0 Å². The second kappa shape index (κ2) is 6.90. The van der Waals surface area contributed by atoms with E-state index in [0.29, 0.717) is 12.6 Å². The van der Waals surface area contributed by atoms with Crippen LogP contribution in [0.2, 0.25) is 0 Å². The van der Waals surface area contributed by atoms with Crippen molar-refractivity contribution in [1.82, 2.24) is 10.2 Å². The van der Waals surface area contributed by atoms with Gasteiger partial charge in [-0.2, -0.15) is 0 Å². The summed E-state index contributed by atoms with van der Waals surface area (Å²) >= 11 is 1.76. The first kappa shape index (κ1) is 13.6. The molecule has 3 nitrogen and oxygen atoms in total. The lowest BCUT2D eigenvalue weighted by molar-refractivity contribution is -0.131. The molecule has 1 atom stereocenters. The van der Waals surface area contributed by atoms with E-state index in [4.69, 9.17) is 0 Å². The Morgan fingerprint density at radius 2 is 2.22 bits per heavy atom. The Labute approximate surface area is 113 Å². The molecule has 1 aromatic rings. The van der Waals surface area contributed by atoms with Gasteiger partial charge in [0.05, 0.1) is 6.54 Å². The number of likely N-dealkylation sites (tertiary alicyclic amines) is 1. The molecule has 100 valence electrons. The van der Waals surface area contributed by atoms with E-state index >= 15 is 0 Å². The van der Waals surface area contributed by atoms with Gasteiger partial charge in [-0.15, -0.1) is 11.3 Å². The summed E-state index contributed by atoms with van der Waals surface area (Å²) in [5, 5.41) is 5.48. The molecule has 0 aliphatic carbocycles. The van der Waals surface area contributed by atoms with Gasteiger partial charge in [-0.25, -0.2) is 0 Å². The van der Waals surface area contributed by atoms with Gasteiger partial charge in [0.25, 0.3) is 0 Å². The SMILES string of the molecule is CCC(NCC(=O)N1CCCCC1)c1cccs1. The van der Waals surface area contributed by atoms with Crippen LogP contribution in [0.1, 0.15) is 43.5 Å². The van der Waals surface area contributed by atoms with Gasteiger partial charge in [0, 0.05) is 24.0 Å². The minimum atomic E-state index is 0.254. The van der Waals surface area contributed by atoms with Gasteiger partial charge in [0.2, 0.25) is 5.91 Å². The summed E-state index contributed by atoms with van der Waals surface area (Å²) in [7, 11) is 0. The van der Waals surface area contributed by atoms with Gasteiger partial charge in [0.15, 0.2) is 0 Å². The van der Waals surface area contributed by atoms with Gasteiger partial charge in [0.1, 0.15) is 0 Å². The fourth-order valence-electron chi connectivity index (χ4n) is 2.40. The van der Waals surface area contributed by atoms with Crippen molar-refractivity contribution in [3.63, 3.8) is 0 Å². The Balaban J connectivity index is 1.80. The van der Waals surface area contributed by atoms with E-state index in [0.717, 1.165) is 32.4 Å². The average Bonchev–Trinajstić information content (AvgIpc) is 2.94. The maximum atomic E-state index is 12.1. The second-order valence-electron chi connectivity index (χ2n) is 4.80. The Morgan fingerprint density at radius 3 is 2.83 bits per heavy atom. The minimum Gasteiger partial charge on any atom is -0.342 e. The van der Waals surface area contributed by atoms with Crippen LogP contribution >= 0.6 is 11.3 Å². The van der Waals surface area contributed by atoms with Gasteiger partial charge >= 0.3 is 0 Å². The second-order valence-corrected chi connectivity index (χ2v) is 5.78.